The number of hydrogen-bond donors (Lipinski definition) is 1. The van der Waals surface area contributed by atoms with Gasteiger partial charge in [0.25, 0.3) is 5.92 Å². The Morgan fingerprint density at radius 1 is 1.05 bits per heavy atom. The molecule has 0 radical (unpaired) electrons. The molecule has 2 fully saturated rings. The standard InChI is InChI=1S/C31H35BrF2N2O4S/c1-3-4-15-40-27-13-5-22-19-28(14-6-21(22)18-27)41(38,39)35-29(31(33,34)23-7-9-24(32)10-8-23)30(37)36-25-11-12-26(36)17-20(2)16-25/h5-10,13-14,18-20,25-26,29,35H,3-4,11-12,15-17H2,1-2H3. The van der Waals surface area contributed by atoms with Gasteiger partial charge in [0.15, 0.2) is 6.04 Å². The van der Waals surface area contributed by atoms with E-state index < -0.39 is 33.5 Å². The van der Waals surface area contributed by atoms with Crippen LogP contribution in [0.2, 0.25) is 0 Å². The Kier molecular flexibility index (Phi) is 8.74. The zero-order valence-corrected chi connectivity index (χ0v) is 25.6. The second-order valence-electron chi connectivity index (χ2n) is 11.3. The summed E-state index contributed by atoms with van der Waals surface area (Å²) in [7, 11) is -4.50. The van der Waals surface area contributed by atoms with Crippen molar-refractivity contribution in [1.29, 1.82) is 0 Å². The van der Waals surface area contributed by atoms with Gasteiger partial charge in [0.1, 0.15) is 5.75 Å². The molecule has 0 aliphatic carbocycles. The fourth-order valence-corrected chi connectivity index (χ4v) is 7.58. The van der Waals surface area contributed by atoms with Crippen molar-refractivity contribution >= 4 is 42.6 Å². The molecule has 0 aromatic heterocycles. The molecule has 2 saturated heterocycles. The Balaban J connectivity index is 1.47. The van der Waals surface area contributed by atoms with E-state index in [-0.39, 0.29) is 17.0 Å². The minimum atomic E-state index is -4.50. The monoisotopic (exact) mass is 648 g/mol. The van der Waals surface area contributed by atoms with Crippen molar-refractivity contribution in [3.8, 4) is 5.75 Å². The van der Waals surface area contributed by atoms with Gasteiger partial charge in [-0.25, -0.2) is 8.42 Å². The predicted octanol–water partition coefficient (Wildman–Crippen LogP) is 7.01. The molecule has 10 heteroatoms. The summed E-state index contributed by atoms with van der Waals surface area (Å²) in [6.45, 7) is 4.76. The van der Waals surface area contributed by atoms with Gasteiger partial charge in [0, 0.05) is 22.1 Å². The number of nitrogens with zero attached hydrogens (tertiary/aromatic N) is 1. The van der Waals surface area contributed by atoms with E-state index in [0.717, 1.165) is 43.9 Å². The van der Waals surface area contributed by atoms with Crippen molar-refractivity contribution in [3.63, 3.8) is 0 Å². The quantitative estimate of drug-likeness (QED) is 0.240. The van der Waals surface area contributed by atoms with Crippen LogP contribution in [0, 0.1) is 5.92 Å². The summed E-state index contributed by atoms with van der Waals surface area (Å²) in [5.74, 6) is -3.62. The summed E-state index contributed by atoms with van der Waals surface area (Å²) in [5, 5.41) is 1.37. The molecule has 0 saturated carbocycles. The number of rotatable bonds is 10. The van der Waals surface area contributed by atoms with Crippen LogP contribution < -0.4 is 9.46 Å². The highest BCUT2D eigenvalue weighted by molar-refractivity contribution is 9.10. The minimum absolute atomic E-state index is 0.168. The maximum Gasteiger partial charge on any atom is 0.298 e. The summed E-state index contributed by atoms with van der Waals surface area (Å²) in [4.78, 5) is 15.3. The first-order valence-corrected chi connectivity index (χ1v) is 16.4. The Hall–Kier alpha value is -2.56. The van der Waals surface area contributed by atoms with Crippen LogP contribution in [-0.4, -0.2) is 44.0 Å². The SMILES string of the molecule is CCCCOc1ccc2cc(S(=O)(=O)NC(C(=O)N3C4CCC3CC(C)C4)C(F)(F)c3ccc(Br)cc3)ccc2c1. The summed E-state index contributed by atoms with van der Waals surface area (Å²) in [6.07, 6.45) is 4.84. The number of hydrogen-bond acceptors (Lipinski definition) is 4. The third kappa shape index (κ3) is 6.29. The van der Waals surface area contributed by atoms with Gasteiger partial charge >= 0.3 is 0 Å². The third-order valence-electron chi connectivity index (χ3n) is 8.19. The first kappa shape index (κ1) is 29.9. The van der Waals surface area contributed by atoms with E-state index in [1.165, 1.54) is 41.3 Å². The van der Waals surface area contributed by atoms with Crippen molar-refractivity contribution in [2.24, 2.45) is 5.92 Å². The van der Waals surface area contributed by atoms with E-state index in [1.807, 2.05) is 6.07 Å². The lowest BCUT2D eigenvalue weighted by molar-refractivity contribution is -0.149. The fraction of sp³-hybridized carbons (Fsp3) is 0.452. The maximum absolute atomic E-state index is 16.2. The van der Waals surface area contributed by atoms with E-state index in [2.05, 4.69) is 34.5 Å². The van der Waals surface area contributed by atoms with E-state index in [4.69, 9.17) is 4.74 Å². The summed E-state index contributed by atoms with van der Waals surface area (Å²) < 4.78 is 68.1. The smallest absolute Gasteiger partial charge is 0.298 e. The minimum Gasteiger partial charge on any atom is -0.494 e. The molecule has 6 nitrogen and oxygen atoms in total. The van der Waals surface area contributed by atoms with Crippen molar-refractivity contribution in [3.05, 3.63) is 70.7 Å². The first-order chi connectivity index (χ1) is 19.5. The van der Waals surface area contributed by atoms with Crippen molar-refractivity contribution in [1.82, 2.24) is 9.62 Å². The molecular formula is C31H35BrF2N2O4S. The van der Waals surface area contributed by atoms with E-state index >= 15 is 8.78 Å². The number of alkyl halides is 2. The molecule has 0 spiro atoms. The molecule has 1 N–H and O–H groups in total. The van der Waals surface area contributed by atoms with E-state index in [9.17, 15) is 13.2 Å². The number of fused-ring (bicyclic) bond motifs is 3. The van der Waals surface area contributed by atoms with Gasteiger partial charge in [-0.15, -0.1) is 0 Å². The average Bonchev–Trinajstić information content (AvgIpc) is 3.22. The molecule has 2 aliphatic heterocycles. The average molecular weight is 650 g/mol. The van der Waals surface area contributed by atoms with Crippen LogP contribution in [0.1, 0.15) is 57.9 Å². The molecular weight excluding hydrogens is 614 g/mol. The zero-order valence-electron chi connectivity index (χ0n) is 23.2. The first-order valence-electron chi connectivity index (χ1n) is 14.1. The summed E-state index contributed by atoms with van der Waals surface area (Å²) >= 11 is 3.25. The zero-order chi connectivity index (χ0) is 29.4. The highest BCUT2D eigenvalue weighted by Crippen LogP contribution is 2.42. The van der Waals surface area contributed by atoms with E-state index in [0.29, 0.717) is 28.1 Å². The number of ether oxygens (including phenoxy) is 1. The van der Waals surface area contributed by atoms with Gasteiger partial charge in [-0.2, -0.15) is 13.5 Å². The van der Waals surface area contributed by atoms with Crippen molar-refractivity contribution < 1.29 is 26.7 Å². The lowest BCUT2D eigenvalue weighted by Gasteiger charge is -2.41. The van der Waals surface area contributed by atoms with Crippen molar-refractivity contribution in [2.75, 3.05) is 6.61 Å². The van der Waals surface area contributed by atoms with Crippen LogP contribution in [0.5, 0.6) is 5.75 Å². The lowest BCUT2D eigenvalue weighted by atomic mass is 9.91. The largest absolute Gasteiger partial charge is 0.494 e. The fourth-order valence-electron chi connectivity index (χ4n) is 6.09. The number of carbonyl (C=O) groups is 1. The molecule has 3 aromatic rings. The van der Waals surface area contributed by atoms with Crippen LogP contribution in [0.15, 0.2) is 70.0 Å². The predicted molar refractivity (Wildman–Crippen MR) is 159 cm³/mol. The number of nitrogens with one attached hydrogen (secondary N) is 1. The summed E-state index contributed by atoms with van der Waals surface area (Å²) in [6, 6.07) is 12.4. The van der Waals surface area contributed by atoms with Gasteiger partial charge in [0.05, 0.1) is 11.5 Å². The maximum atomic E-state index is 16.2. The molecule has 3 unspecified atom stereocenters. The number of halogens is 3. The third-order valence-corrected chi connectivity index (χ3v) is 10.1. The molecule has 1 amide bonds. The van der Waals surface area contributed by atoms with Gasteiger partial charge in [-0.05, 0) is 85.2 Å². The number of unbranched alkanes of at least 4 members (excludes halogenated alkanes) is 1. The Labute approximate surface area is 248 Å². The second kappa shape index (κ2) is 12.0. The van der Waals surface area contributed by atoms with Crippen LogP contribution in [-0.2, 0) is 20.7 Å². The van der Waals surface area contributed by atoms with Crippen LogP contribution in [0.25, 0.3) is 10.8 Å². The van der Waals surface area contributed by atoms with Crippen LogP contribution in [0.3, 0.4) is 0 Å². The number of benzene rings is 3. The second-order valence-corrected chi connectivity index (χ2v) is 13.9. The highest BCUT2D eigenvalue weighted by atomic mass is 79.9. The molecule has 2 aliphatic rings. The summed E-state index contributed by atoms with van der Waals surface area (Å²) in [5.41, 5.74) is -0.436. The molecule has 3 atom stereocenters. The molecule has 3 aromatic carbocycles. The van der Waals surface area contributed by atoms with Gasteiger partial charge in [-0.1, -0.05) is 60.5 Å². The number of sulfonamides is 1. The van der Waals surface area contributed by atoms with Gasteiger partial charge < -0.3 is 9.64 Å². The Morgan fingerprint density at radius 2 is 1.68 bits per heavy atom. The van der Waals surface area contributed by atoms with Crippen molar-refractivity contribution in [2.45, 2.75) is 81.3 Å². The number of amides is 1. The normalized spacial score (nSPS) is 21.7. The van der Waals surface area contributed by atoms with Gasteiger partial charge in [-0.3, -0.25) is 4.79 Å². The molecule has 220 valence electrons. The molecule has 5 rings (SSSR count). The number of carbonyl (C=O) groups excluding carboxylic acids is 1. The Bertz CT molecular complexity index is 1500. The van der Waals surface area contributed by atoms with Gasteiger partial charge in [0.2, 0.25) is 15.9 Å². The topological polar surface area (TPSA) is 75.7 Å². The van der Waals surface area contributed by atoms with E-state index in [1.54, 1.807) is 18.2 Å². The van der Waals surface area contributed by atoms with Crippen LogP contribution >= 0.6 is 15.9 Å². The number of piperidine rings is 1. The molecule has 41 heavy (non-hydrogen) atoms. The highest BCUT2D eigenvalue weighted by Gasteiger charge is 2.53. The Morgan fingerprint density at radius 3 is 2.34 bits per heavy atom. The molecule has 2 bridgehead atoms. The lowest BCUT2D eigenvalue weighted by Crippen LogP contribution is -2.59. The van der Waals surface area contributed by atoms with Crippen LogP contribution in [0.4, 0.5) is 8.78 Å². The molecule has 2 heterocycles.